The van der Waals surface area contributed by atoms with Crippen molar-refractivity contribution >= 4 is 23.0 Å². The molecule has 0 bridgehead atoms. The average molecular weight is 251 g/mol. The topological polar surface area (TPSA) is 51.4 Å². The van der Waals surface area contributed by atoms with Gasteiger partial charge >= 0.3 is 0 Å². The molecular formula is C12H17N3OS. The van der Waals surface area contributed by atoms with E-state index in [2.05, 4.69) is 16.8 Å². The molecule has 0 aromatic carbocycles. The van der Waals surface area contributed by atoms with Crippen molar-refractivity contribution < 1.29 is 4.74 Å². The highest BCUT2D eigenvalue weighted by molar-refractivity contribution is 7.80. The zero-order valence-electron chi connectivity index (χ0n) is 9.93. The fourth-order valence-corrected chi connectivity index (χ4v) is 2.13. The van der Waals surface area contributed by atoms with Crippen molar-refractivity contribution in [2.75, 3.05) is 24.7 Å². The first-order valence-corrected chi connectivity index (χ1v) is 6.24. The molecule has 0 spiro atoms. The molecule has 92 valence electrons. The van der Waals surface area contributed by atoms with Crippen LogP contribution in [-0.4, -0.2) is 35.8 Å². The molecule has 17 heavy (non-hydrogen) atoms. The van der Waals surface area contributed by atoms with Crippen molar-refractivity contribution in [2.45, 2.75) is 19.4 Å². The Balaban J connectivity index is 2.25. The Morgan fingerprint density at radius 1 is 1.65 bits per heavy atom. The van der Waals surface area contributed by atoms with E-state index in [0.29, 0.717) is 16.7 Å². The minimum Gasteiger partial charge on any atom is -0.388 e. The molecule has 0 saturated carbocycles. The number of nitrogens with zero attached hydrogens (tertiary/aromatic N) is 2. The highest BCUT2D eigenvalue weighted by Gasteiger charge is 2.22. The van der Waals surface area contributed by atoms with Gasteiger partial charge in [0.1, 0.15) is 10.8 Å². The van der Waals surface area contributed by atoms with Crippen LogP contribution in [-0.2, 0) is 4.74 Å². The quantitative estimate of drug-likeness (QED) is 0.821. The van der Waals surface area contributed by atoms with E-state index in [0.717, 1.165) is 32.0 Å². The lowest BCUT2D eigenvalue weighted by Crippen LogP contribution is -2.45. The van der Waals surface area contributed by atoms with Crippen LogP contribution < -0.4 is 10.6 Å². The maximum absolute atomic E-state index is 5.61. The van der Waals surface area contributed by atoms with Crippen molar-refractivity contribution in [1.82, 2.24) is 4.98 Å². The first-order chi connectivity index (χ1) is 8.22. The number of pyridine rings is 1. The molecule has 2 N–H and O–H groups in total. The third-order valence-electron chi connectivity index (χ3n) is 2.98. The Kier molecular flexibility index (Phi) is 3.91. The standard InChI is InChI=1S/C12H17N3OS/c1-2-9-8-16-7-6-15(9)11-5-3-4-10(14-11)12(13)17/h3-5,9H,2,6-8H2,1H3,(H2,13,17). The van der Waals surface area contributed by atoms with Crippen molar-refractivity contribution in [1.29, 1.82) is 0 Å². The van der Waals surface area contributed by atoms with Gasteiger partial charge in [0.05, 0.1) is 24.9 Å². The summed E-state index contributed by atoms with van der Waals surface area (Å²) >= 11 is 4.95. The molecular weight excluding hydrogens is 234 g/mol. The van der Waals surface area contributed by atoms with Crippen molar-refractivity contribution in [2.24, 2.45) is 5.73 Å². The van der Waals surface area contributed by atoms with Crippen LogP contribution in [0.15, 0.2) is 18.2 Å². The number of ether oxygens (including phenoxy) is 1. The third-order valence-corrected chi connectivity index (χ3v) is 3.19. The molecule has 0 aliphatic carbocycles. The molecule has 1 atom stereocenters. The molecule has 2 heterocycles. The van der Waals surface area contributed by atoms with Gasteiger partial charge in [-0.2, -0.15) is 0 Å². The average Bonchev–Trinajstić information content (AvgIpc) is 2.39. The fourth-order valence-electron chi connectivity index (χ4n) is 2.02. The van der Waals surface area contributed by atoms with Gasteiger partial charge in [0.25, 0.3) is 0 Å². The molecule has 1 aliphatic rings. The summed E-state index contributed by atoms with van der Waals surface area (Å²) in [7, 11) is 0. The van der Waals surface area contributed by atoms with E-state index in [1.165, 1.54) is 0 Å². The fraction of sp³-hybridized carbons (Fsp3) is 0.500. The molecule has 0 radical (unpaired) electrons. The molecule has 1 aromatic rings. The molecule has 4 nitrogen and oxygen atoms in total. The lowest BCUT2D eigenvalue weighted by atomic mass is 10.1. The van der Waals surface area contributed by atoms with Crippen LogP contribution in [0.25, 0.3) is 0 Å². The van der Waals surface area contributed by atoms with Crippen LogP contribution in [0, 0.1) is 0 Å². The predicted molar refractivity (Wildman–Crippen MR) is 72.4 cm³/mol. The van der Waals surface area contributed by atoms with Crippen LogP contribution >= 0.6 is 12.2 Å². The van der Waals surface area contributed by atoms with E-state index in [1.54, 1.807) is 0 Å². The number of nitrogens with two attached hydrogens (primary N) is 1. The molecule has 5 heteroatoms. The summed E-state index contributed by atoms with van der Waals surface area (Å²) in [6, 6.07) is 6.17. The summed E-state index contributed by atoms with van der Waals surface area (Å²) in [6.45, 7) is 4.53. The normalized spacial score (nSPS) is 20.3. The van der Waals surface area contributed by atoms with Gasteiger partial charge in [-0.05, 0) is 18.6 Å². The summed E-state index contributed by atoms with van der Waals surface area (Å²) in [4.78, 5) is 7.11. The van der Waals surface area contributed by atoms with Crippen LogP contribution in [0.5, 0.6) is 0 Å². The minimum atomic E-state index is 0.341. The van der Waals surface area contributed by atoms with Gasteiger partial charge in [0.15, 0.2) is 0 Å². The highest BCUT2D eigenvalue weighted by Crippen LogP contribution is 2.19. The maximum Gasteiger partial charge on any atom is 0.129 e. The molecule has 1 unspecified atom stereocenters. The Morgan fingerprint density at radius 2 is 2.47 bits per heavy atom. The van der Waals surface area contributed by atoms with E-state index in [9.17, 15) is 0 Å². The third kappa shape index (κ3) is 2.73. The Bertz CT molecular complexity index is 410. The summed E-state index contributed by atoms with van der Waals surface area (Å²) in [5.41, 5.74) is 6.28. The molecule has 1 aliphatic heterocycles. The summed E-state index contributed by atoms with van der Waals surface area (Å²) < 4.78 is 5.48. The number of aromatic nitrogens is 1. The number of rotatable bonds is 3. The van der Waals surface area contributed by atoms with E-state index in [4.69, 9.17) is 22.7 Å². The minimum absolute atomic E-state index is 0.341. The lowest BCUT2D eigenvalue weighted by Gasteiger charge is -2.36. The van der Waals surface area contributed by atoms with E-state index in [-0.39, 0.29) is 0 Å². The molecule has 0 amide bonds. The molecule has 1 saturated heterocycles. The van der Waals surface area contributed by atoms with Gasteiger partial charge < -0.3 is 15.4 Å². The maximum atomic E-state index is 5.61. The SMILES string of the molecule is CCC1COCCN1c1cccc(C(N)=S)n1. The van der Waals surface area contributed by atoms with Gasteiger partial charge in [-0.3, -0.25) is 0 Å². The van der Waals surface area contributed by atoms with Crippen molar-refractivity contribution in [3.05, 3.63) is 23.9 Å². The second kappa shape index (κ2) is 5.42. The molecule has 2 rings (SSSR count). The van der Waals surface area contributed by atoms with Crippen LogP contribution in [0.2, 0.25) is 0 Å². The first-order valence-electron chi connectivity index (χ1n) is 5.83. The number of anilines is 1. The summed E-state index contributed by atoms with van der Waals surface area (Å²) in [5.74, 6) is 0.936. The Hall–Kier alpha value is -1.20. The second-order valence-corrected chi connectivity index (χ2v) is 4.52. The Morgan fingerprint density at radius 3 is 3.18 bits per heavy atom. The molecule has 1 aromatic heterocycles. The monoisotopic (exact) mass is 251 g/mol. The van der Waals surface area contributed by atoms with Crippen LogP contribution in [0.3, 0.4) is 0 Å². The zero-order valence-corrected chi connectivity index (χ0v) is 10.7. The number of hydrogen-bond donors (Lipinski definition) is 1. The lowest BCUT2D eigenvalue weighted by molar-refractivity contribution is 0.0925. The number of thiocarbonyl (C=S) groups is 1. The number of hydrogen-bond acceptors (Lipinski definition) is 4. The Labute approximate surface area is 107 Å². The summed E-state index contributed by atoms with van der Waals surface area (Å²) in [6.07, 6.45) is 1.04. The number of morpholine rings is 1. The van der Waals surface area contributed by atoms with Gasteiger partial charge in [0.2, 0.25) is 0 Å². The molecule has 1 fully saturated rings. The van der Waals surface area contributed by atoms with Gasteiger partial charge in [-0.1, -0.05) is 25.2 Å². The van der Waals surface area contributed by atoms with E-state index in [1.807, 2.05) is 18.2 Å². The van der Waals surface area contributed by atoms with Crippen LogP contribution in [0.4, 0.5) is 5.82 Å². The van der Waals surface area contributed by atoms with Gasteiger partial charge in [-0.15, -0.1) is 0 Å². The first kappa shape index (κ1) is 12.3. The highest BCUT2D eigenvalue weighted by atomic mass is 32.1. The summed E-state index contributed by atoms with van der Waals surface area (Å²) in [5, 5.41) is 0. The van der Waals surface area contributed by atoms with Crippen molar-refractivity contribution in [3.63, 3.8) is 0 Å². The zero-order chi connectivity index (χ0) is 12.3. The van der Waals surface area contributed by atoms with Crippen LogP contribution in [0.1, 0.15) is 19.0 Å². The van der Waals surface area contributed by atoms with E-state index >= 15 is 0 Å². The smallest absolute Gasteiger partial charge is 0.129 e. The largest absolute Gasteiger partial charge is 0.388 e. The predicted octanol–water partition coefficient (Wildman–Crippen LogP) is 1.33. The van der Waals surface area contributed by atoms with E-state index < -0.39 is 0 Å². The van der Waals surface area contributed by atoms with Crippen molar-refractivity contribution in [3.8, 4) is 0 Å². The van der Waals surface area contributed by atoms with Gasteiger partial charge in [-0.25, -0.2) is 4.98 Å². The second-order valence-electron chi connectivity index (χ2n) is 4.08. The van der Waals surface area contributed by atoms with Gasteiger partial charge in [0, 0.05) is 6.54 Å².